The summed E-state index contributed by atoms with van der Waals surface area (Å²) in [5.74, 6) is 0.579. The van der Waals surface area contributed by atoms with Crippen LogP contribution in [0.2, 0.25) is 0 Å². The fourth-order valence-electron chi connectivity index (χ4n) is 3.05. The molecular weight excluding hydrogens is 334 g/mol. The molecule has 3 rings (SSSR count). The molecule has 2 aromatic rings. The molecule has 0 aliphatic carbocycles. The van der Waals surface area contributed by atoms with Crippen LogP contribution < -0.4 is 9.64 Å². The first kappa shape index (κ1) is 17.7. The van der Waals surface area contributed by atoms with E-state index < -0.39 is 4.92 Å². The Morgan fingerprint density at radius 2 is 1.73 bits per heavy atom. The van der Waals surface area contributed by atoms with Gasteiger partial charge in [0.1, 0.15) is 5.75 Å². The normalized spacial score (nSPS) is 14.2. The molecule has 1 aliphatic rings. The molecule has 1 saturated heterocycles. The summed E-state index contributed by atoms with van der Waals surface area (Å²) in [5.41, 5.74) is 1.59. The summed E-state index contributed by atoms with van der Waals surface area (Å²) in [4.78, 5) is 27.1. The predicted octanol–water partition coefficient (Wildman–Crippen LogP) is 2.96. The van der Waals surface area contributed by atoms with Crippen LogP contribution in [0.1, 0.15) is 17.3 Å². The number of nitro benzene ring substituents is 1. The number of nitrogens with zero attached hydrogens (tertiary/aromatic N) is 3. The van der Waals surface area contributed by atoms with Gasteiger partial charge >= 0.3 is 0 Å². The highest BCUT2D eigenvalue weighted by Gasteiger charge is 2.24. The van der Waals surface area contributed by atoms with Crippen LogP contribution in [-0.4, -0.2) is 48.5 Å². The van der Waals surface area contributed by atoms with E-state index in [1.54, 1.807) is 18.2 Å². The maximum absolute atomic E-state index is 12.8. The van der Waals surface area contributed by atoms with Crippen LogP contribution in [0.15, 0.2) is 48.5 Å². The van der Waals surface area contributed by atoms with E-state index in [9.17, 15) is 14.9 Å². The summed E-state index contributed by atoms with van der Waals surface area (Å²) in [7, 11) is 0. The Morgan fingerprint density at radius 1 is 1.08 bits per heavy atom. The first-order chi connectivity index (χ1) is 12.6. The standard InChI is InChI=1S/C19H21N3O4/c1-2-26-18-6-4-3-5-17(18)19(23)21-13-11-20(12-14-21)15-7-9-16(10-8-15)22(24)25/h3-10H,2,11-14H2,1H3. The molecule has 1 heterocycles. The highest BCUT2D eigenvalue weighted by atomic mass is 16.6. The Balaban J connectivity index is 1.65. The molecule has 0 atom stereocenters. The van der Waals surface area contributed by atoms with E-state index in [1.807, 2.05) is 30.0 Å². The number of anilines is 1. The van der Waals surface area contributed by atoms with Crippen molar-refractivity contribution in [1.29, 1.82) is 0 Å². The topological polar surface area (TPSA) is 75.9 Å². The maximum atomic E-state index is 12.8. The fraction of sp³-hybridized carbons (Fsp3) is 0.316. The molecule has 0 N–H and O–H groups in total. The van der Waals surface area contributed by atoms with Crippen molar-refractivity contribution in [2.24, 2.45) is 0 Å². The Kier molecular flexibility index (Phi) is 5.36. The van der Waals surface area contributed by atoms with Gasteiger partial charge in [-0.05, 0) is 31.2 Å². The number of nitro groups is 1. The van der Waals surface area contributed by atoms with Gasteiger partial charge < -0.3 is 14.5 Å². The van der Waals surface area contributed by atoms with Crippen molar-refractivity contribution >= 4 is 17.3 Å². The van der Waals surface area contributed by atoms with Crippen molar-refractivity contribution in [2.75, 3.05) is 37.7 Å². The van der Waals surface area contributed by atoms with Gasteiger partial charge in [0.2, 0.25) is 0 Å². The number of carbonyl (C=O) groups is 1. The Morgan fingerprint density at radius 3 is 2.35 bits per heavy atom. The summed E-state index contributed by atoms with van der Waals surface area (Å²) < 4.78 is 5.56. The first-order valence-electron chi connectivity index (χ1n) is 8.60. The molecule has 7 nitrogen and oxygen atoms in total. The molecule has 26 heavy (non-hydrogen) atoms. The average molecular weight is 355 g/mol. The molecular formula is C19H21N3O4. The number of hydrogen-bond acceptors (Lipinski definition) is 5. The van der Waals surface area contributed by atoms with Gasteiger partial charge in [0.15, 0.2) is 0 Å². The zero-order chi connectivity index (χ0) is 18.5. The Bertz CT molecular complexity index is 784. The SMILES string of the molecule is CCOc1ccccc1C(=O)N1CCN(c2ccc([N+](=O)[O-])cc2)CC1. The van der Waals surface area contributed by atoms with Gasteiger partial charge in [-0.1, -0.05) is 12.1 Å². The number of para-hydroxylation sites is 1. The van der Waals surface area contributed by atoms with E-state index in [1.165, 1.54) is 12.1 Å². The fourth-order valence-corrected chi connectivity index (χ4v) is 3.05. The zero-order valence-electron chi connectivity index (χ0n) is 14.6. The van der Waals surface area contributed by atoms with E-state index in [2.05, 4.69) is 4.90 Å². The van der Waals surface area contributed by atoms with E-state index in [0.29, 0.717) is 44.1 Å². The van der Waals surface area contributed by atoms with Gasteiger partial charge in [-0.3, -0.25) is 14.9 Å². The van der Waals surface area contributed by atoms with Gasteiger partial charge in [0.25, 0.3) is 11.6 Å². The van der Waals surface area contributed by atoms with Gasteiger partial charge in [-0.25, -0.2) is 0 Å². The van der Waals surface area contributed by atoms with Gasteiger partial charge in [0, 0.05) is 44.0 Å². The third kappa shape index (κ3) is 3.77. The summed E-state index contributed by atoms with van der Waals surface area (Å²) in [6, 6.07) is 13.8. The number of benzene rings is 2. The van der Waals surface area contributed by atoms with E-state index in [-0.39, 0.29) is 11.6 Å². The van der Waals surface area contributed by atoms with Crippen molar-refractivity contribution in [3.8, 4) is 5.75 Å². The highest BCUT2D eigenvalue weighted by molar-refractivity contribution is 5.97. The minimum absolute atomic E-state index is 0.0302. The molecule has 0 unspecified atom stereocenters. The summed E-state index contributed by atoms with van der Waals surface area (Å²) >= 11 is 0. The molecule has 1 amide bonds. The van der Waals surface area contributed by atoms with Crippen LogP contribution in [-0.2, 0) is 0 Å². The third-order valence-corrected chi connectivity index (χ3v) is 4.41. The second-order valence-electron chi connectivity index (χ2n) is 5.98. The van der Waals surface area contributed by atoms with Gasteiger partial charge in [-0.2, -0.15) is 0 Å². The van der Waals surface area contributed by atoms with Crippen molar-refractivity contribution < 1.29 is 14.5 Å². The maximum Gasteiger partial charge on any atom is 0.269 e. The molecule has 7 heteroatoms. The van der Waals surface area contributed by atoms with Crippen LogP contribution in [0.5, 0.6) is 5.75 Å². The quantitative estimate of drug-likeness (QED) is 0.609. The lowest BCUT2D eigenvalue weighted by molar-refractivity contribution is -0.384. The van der Waals surface area contributed by atoms with Crippen LogP contribution in [0, 0.1) is 10.1 Å². The van der Waals surface area contributed by atoms with Crippen LogP contribution in [0.25, 0.3) is 0 Å². The lowest BCUT2D eigenvalue weighted by Gasteiger charge is -2.36. The van der Waals surface area contributed by atoms with E-state index in [0.717, 1.165) is 5.69 Å². The van der Waals surface area contributed by atoms with Crippen molar-refractivity contribution in [1.82, 2.24) is 4.90 Å². The second-order valence-corrected chi connectivity index (χ2v) is 5.98. The smallest absolute Gasteiger partial charge is 0.269 e. The Hall–Kier alpha value is -3.09. The molecule has 1 fully saturated rings. The van der Waals surface area contributed by atoms with Gasteiger partial charge in [-0.15, -0.1) is 0 Å². The number of ether oxygens (including phenoxy) is 1. The number of non-ortho nitro benzene ring substituents is 1. The van der Waals surface area contributed by atoms with Crippen LogP contribution >= 0.6 is 0 Å². The molecule has 136 valence electrons. The molecule has 0 bridgehead atoms. The number of rotatable bonds is 5. The highest BCUT2D eigenvalue weighted by Crippen LogP contribution is 2.23. The number of amides is 1. The lowest BCUT2D eigenvalue weighted by atomic mass is 10.1. The number of hydrogen-bond donors (Lipinski definition) is 0. The zero-order valence-corrected chi connectivity index (χ0v) is 14.6. The molecule has 1 aliphatic heterocycles. The lowest BCUT2D eigenvalue weighted by Crippen LogP contribution is -2.48. The molecule has 0 saturated carbocycles. The Labute approximate surface area is 151 Å². The second kappa shape index (κ2) is 7.86. The minimum atomic E-state index is -0.407. The number of piperazine rings is 1. The van der Waals surface area contributed by atoms with Gasteiger partial charge in [0.05, 0.1) is 17.1 Å². The van der Waals surface area contributed by atoms with Crippen molar-refractivity contribution in [3.05, 3.63) is 64.2 Å². The minimum Gasteiger partial charge on any atom is -0.493 e. The average Bonchev–Trinajstić information content (AvgIpc) is 2.68. The van der Waals surface area contributed by atoms with Crippen molar-refractivity contribution in [3.63, 3.8) is 0 Å². The summed E-state index contributed by atoms with van der Waals surface area (Å²) in [6.07, 6.45) is 0. The van der Waals surface area contributed by atoms with Crippen LogP contribution in [0.3, 0.4) is 0 Å². The molecule has 0 aromatic heterocycles. The summed E-state index contributed by atoms with van der Waals surface area (Å²) in [5, 5.41) is 10.8. The third-order valence-electron chi connectivity index (χ3n) is 4.41. The van der Waals surface area contributed by atoms with Crippen LogP contribution in [0.4, 0.5) is 11.4 Å². The molecule has 2 aromatic carbocycles. The number of carbonyl (C=O) groups excluding carboxylic acids is 1. The summed E-state index contributed by atoms with van der Waals surface area (Å²) in [6.45, 7) is 4.95. The first-order valence-corrected chi connectivity index (χ1v) is 8.60. The molecule has 0 spiro atoms. The monoisotopic (exact) mass is 355 g/mol. The molecule has 0 radical (unpaired) electrons. The van der Waals surface area contributed by atoms with Crippen molar-refractivity contribution in [2.45, 2.75) is 6.92 Å². The largest absolute Gasteiger partial charge is 0.493 e. The van der Waals surface area contributed by atoms with E-state index in [4.69, 9.17) is 4.74 Å². The predicted molar refractivity (Wildman–Crippen MR) is 98.8 cm³/mol. The van der Waals surface area contributed by atoms with E-state index >= 15 is 0 Å².